The van der Waals surface area contributed by atoms with Gasteiger partial charge in [0.05, 0.1) is 16.9 Å². The molecule has 0 atom stereocenters. The third-order valence-electron chi connectivity index (χ3n) is 3.51. The molecule has 0 fully saturated rings. The van der Waals surface area contributed by atoms with Gasteiger partial charge in [0.2, 0.25) is 0 Å². The van der Waals surface area contributed by atoms with Crippen LogP contribution in [0.15, 0.2) is 22.7 Å². The highest BCUT2D eigenvalue weighted by Gasteiger charge is 2.15. The Morgan fingerprint density at radius 2 is 2.00 bits per heavy atom. The van der Waals surface area contributed by atoms with Crippen LogP contribution in [0.3, 0.4) is 0 Å². The molecule has 0 spiro atoms. The molecule has 0 radical (unpaired) electrons. The molecule has 1 aromatic carbocycles. The van der Waals surface area contributed by atoms with Crippen molar-refractivity contribution in [2.24, 2.45) is 0 Å². The van der Waals surface area contributed by atoms with Gasteiger partial charge in [0.1, 0.15) is 5.60 Å². The number of hydrogen-bond acceptors (Lipinski definition) is 5. The van der Waals surface area contributed by atoms with E-state index in [2.05, 4.69) is 31.5 Å². The summed E-state index contributed by atoms with van der Waals surface area (Å²) in [5.41, 5.74) is 7.59. The quantitative estimate of drug-likeness (QED) is 0.434. The van der Waals surface area contributed by atoms with Gasteiger partial charge in [0.25, 0.3) is 0 Å². The molecule has 1 heterocycles. The first-order chi connectivity index (χ1) is 12.2. The Morgan fingerprint density at radius 3 is 2.69 bits per heavy atom. The molecule has 142 valence electrons. The predicted molar refractivity (Wildman–Crippen MR) is 111 cm³/mol. The number of rotatable bonds is 6. The molecule has 8 heteroatoms. The number of benzene rings is 1. The number of carbonyl (C=O) groups excluding carboxylic acids is 1. The Bertz CT molecular complexity index is 793. The number of carbonyl (C=O) groups is 1. The van der Waals surface area contributed by atoms with E-state index in [-0.39, 0.29) is 5.15 Å². The number of alkyl carbamates (subject to hydrolysis) is 1. The predicted octanol–water partition coefficient (Wildman–Crippen LogP) is 4.95. The normalized spacial score (nSPS) is 11.4. The van der Waals surface area contributed by atoms with E-state index in [1.165, 1.54) is 0 Å². The van der Waals surface area contributed by atoms with Gasteiger partial charge < -0.3 is 21.1 Å². The fraction of sp³-hybridized carbons (Fsp3) is 0.444. The summed E-state index contributed by atoms with van der Waals surface area (Å²) in [6.07, 6.45) is 1.27. The van der Waals surface area contributed by atoms with Crippen molar-refractivity contribution in [3.05, 3.63) is 27.8 Å². The van der Waals surface area contributed by atoms with Gasteiger partial charge in [-0.25, -0.2) is 9.78 Å². The van der Waals surface area contributed by atoms with Gasteiger partial charge in [-0.3, -0.25) is 0 Å². The average Bonchev–Trinajstić information content (AvgIpc) is 2.52. The maximum absolute atomic E-state index is 11.6. The van der Waals surface area contributed by atoms with Crippen molar-refractivity contribution in [1.29, 1.82) is 0 Å². The maximum Gasteiger partial charge on any atom is 0.407 e. The van der Waals surface area contributed by atoms with E-state index < -0.39 is 11.7 Å². The summed E-state index contributed by atoms with van der Waals surface area (Å²) in [6, 6.07) is 5.79. The second-order valence-electron chi connectivity index (χ2n) is 6.92. The first-order valence-electron chi connectivity index (χ1n) is 8.42. The highest BCUT2D eigenvalue weighted by molar-refractivity contribution is 9.10. The fourth-order valence-electron chi connectivity index (χ4n) is 2.38. The molecule has 0 bridgehead atoms. The Morgan fingerprint density at radius 1 is 1.31 bits per heavy atom. The van der Waals surface area contributed by atoms with Gasteiger partial charge >= 0.3 is 6.09 Å². The van der Waals surface area contributed by atoms with Crippen LogP contribution in [0.4, 0.5) is 16.2 Å². The summed E-state index contributed by atoms with van der Waals surface area (Å²) in [5, 5.41) is 7.28. The lowest BCUT2D eigenvalue weighted by Gasteiger charge is -2.19. The lowest BCUT2D eigenvalue weighted by molar-refractivity contribution is 0.0527. The Labute approximate surface area is 167 Å². The summed E-state index contributed by atoms with van der Waals surface area (Å²) in [7, 11) is 0. The fourth-order valence-corrected chi connectivity index (χ4v) is 2.92. The van der Waals surface area contributed by atoms with E-state index >= 15 is 0 Å². The number of unbranched alkanes of at least 4 members (excludes halogenated alkanes) is 1. The van der Waals surface area contributed by atoms with Crippen molar-refractivity contribution in [2.45, 2.75) is 39.2 Å². The number of pyridine rings is 1. The van der Waals surface area contributed by atoms with Crippen LogP contribution in [0.1, 0.15) is 33.6 Å². The molecule has 6 nitrogen and oxygen atoms in total. The van der Waals surface area contributed by atoms with Crippen LogP contribution in [0.2, 0.25) is 5.15 Å². The van der Waals surface area contributed by atoms with Crippen molar-refractivity contribution < 1.29 is 9.53 Å². The number of amides is 1. The van der Waals surface area contributed by atoms with Crippen LogP contribution in [0, 0.1) is 0 Å². The Kier molecular flexibility index (Phi) is 6.94. The first kappa shape index (κ1) is 20.6. The van der Waals surface area contributed by atoms with Crippen LogP contribution in [-0.2, 0) is 4.74 Å². The lowest BCUT2D eigenvalue weighted by atomic mass is 10.1. The molecule has 0 aliphatic rings. The van der Waals surface area contributed by atoms with E-state index in [1.807, 2.05) is 39.0 Å². The molecule has 1 amide bonds. The molecule has 0 saturated carbocycles. The average molecular weight is 444 g/mol. The van der Waals surface area contributed by atoms with Crippen molar-refractivity contribution in [3.8, 4) is 0 Å². The van der Waals surface area contributed by atoms with E-state index in [9.17, 15) is 4.79 Å². The summed E-state index contributed by atoms with van der Waals surface area (Å²) >= 11 is 9.57. The van der Waals surface area contributed by atoms with Gasteiger partial charge in [-0.1, -0.05) is 27.5 Å². The van der Waals surface area contributed by atoms with Gasteiger partial charge in [-0.05, 0) is 51.8 Å². The number of anilines is 2. The number of fused-ring (bicyclic) bond motifs is 1. The minimum absolute atomic E-state index is 0.282. The van der Waals surface area contributed by atoms with Crippen LogP contribution >= 0.6 is 27.5 Å². The number of nitrogens with one attached hydrogen (secondary N) is 2. The number of nitrogen functional groups attached to an aromatic ring is 1. The number of aromatic nitrogens is 1. The second kappa shape index (κ2) is 8.77. The van der Waals surface area contributed by atoms with Crippen LogP contribution in [0.5, 0.6) is 0 Å². The maximum atomic E-state index is 11.6. The molecule has 0 saturated heterocycles. The summed E-state index contributed by atoms with van der Waals surface area (Å²) < 4.78 is 6.12. The molecule has 4 N–H and O–H groups in total. The van der Waals surface area contributed by atoms with E-state index in [0.717, 1.165) is 33.9 Å². The van der Waals surface area contributed by atoms with Crippen molar-refractivity contribution in [3.63, 3.8) is 0 Å². The van der Waals surface area contributed by atoms with Gasteiger partial charge in [0, 0.05) is 22.9 Å². The molecule has 2 rings (SSSR count). The zero-order valence-corrected chi connectivity index (χ0v) is 17.5. The molecule has 0 aliphatic carbocycles. The van der Waals surface area contributed by atoms with Crippen molar-refractivity contribution in [1.82, 2.24) is 10.3 Å². The zero-order valence-electron chi connectivity index (χ0n) is 15.2. The molecular weight excluding hydrogens is 420 g/mol. The van der Waals surface area contributed by atoms with Crippen molar-refractivity contribution in [2.75, 3.05) is 24.1 Å². The largest absolute Gasteiger partial charge is 0.444 e. The SMILES string of the molecule is CC(C)(C)OC(=O)NCCCCNc1c(N)c(Cl)nc2cc(Br)ccc12. The summed E-state index contributed by atoms with van der Waals surface area (Å²) in [6.45, 7) is 6.76. The van der Waals surface area contributed by atoms with Crippen molar-refractivity contribution >= 4 is 55.9 Å². The molecular formula is C18H24BrClN4O2. The zero-order chi connectivity index (χ0) is 19.3. The third-order valence-corrected chi connectivity index (χ3v) is 4.29. The minimum Gasteiger partial charge on any atom is -0.444 e. The van der Waals surface area contributed by atoms with Gasteiger partial charge in [-0.2, -0.15) is 0 Å². The number of ether oxygens (including phenoxy) is 1. The van der Waals surface area contributed by atoms with E-state index in [4.69, 9.17) is 22.1 Å². The highest BCUT2D eigenvalue weighted by Crippen LogP contribution is 2.34. The molecule has 26 heavy (non-hydrogen) atoms. The Balaban J connectivity index is 1.87. The molecule has 1 aromatic heterocycles. The number of halogens is 2. The number of nitrogens with two attached hydrogens (primary N) is 1. The van der Waals surface area contributed by atoms with E-state index in [1.54, 1.807) is 0 Å². The molecule has 2 aromatic rings. The van der Waals surface area contributed by atoms with Gasteiger partial charge in [0.15, 0.2) is 5.15 Å². The molecule has 0 unspecified atom stereocenters. The Hall–Kier alpha value is -1.73. The van der Waals surface area contributed by atoms with E-state index in [0.29, 0.717) is 18.8 Å². The minimum atomic E-state index is -0.486. The number of nitrogens with zero attached hydrogens (tertiary/aromatic N) is 1. The monoisotopic (exact) mass is 442 g/mol. The van der Waals surface area contributed by atoms with Crippen LogP contribution in [0.25, 0.3) is 10.9 Å². The van der Waals surface area contributed by atoms with Crippen LogP contribution < -0.4 is 16.4 Å². The highest BCUT2D eigenvalue weighted by atomic mass is 79.9. The smallest absolute Gasteiger partial charge is 0.407 e. The lowest BCUT2D eigenvalue weighted by Crippen LogP contribution is -2.33. The summed E-state index contributed by atoms with van der Waals surface area (Å²) in [4.78, 5) is 15.9. The standard InChI is InChI=1S/C18H24BrClN4O2/c1-18(2,3)26-17(25)23-9-5-4-8-22-15-12-7-6-11(19)10-13(12)24-16(20)14(15)21/h6-7,10H,4-5,8-9,21H2,1-3H3,(H,22,24)(H,23,25). The number of hydrogen-bond donors (Lipinski definition) is 3. The second-order valence-corrected chi connectivity index (χ2v) is 8.19. The first-order valence-corrected chi connectivity index (χ1v) is 9.59. The molecule has 0 aliphatic heterocycles. The van der Waals surface area contributed by atoms with Crippen LogP contribution in [-0.4, -0.2) is 29.8 Å². The topological polar surface area (TPSA) is 89.3 Å². The van der Waals surface area contributed by atoms with Gasteiger partial charge in [-0.15, -0.1) is 0 Å². The third kappa shape index (κ3) is 5.92. The summed E-state index contributed by atoms with van der Waals surface area (Å²) in [5.74, 6) is 0.